The van der Waals surface area contributed by atoms with Crippen LogP contribution in [-0.4, -0.2) is 24.9 Å². The fraction of sp³-hybridized carbons (Fsp3) is 0.222. The van der Waals surface area contributed by atoms with Crippen molar-refractivity contribution in [1.29, 1.82) is 5.26 Å². The van der Waals surface area contributed by atoms with E-state index in [1.54, 1.807) is 12.1 Å². The van der Waals surface area contributed by atoms with E-state index in [9.17, 15) is 4.79 Å². The topological polar surface area (TPSA) is 56.1 Å². The molecule has 1 atom stereocenters. The zero-order valence-electron chi connectivity index (χ0n) is 12.8. The van der Waals surface area contributed by atoms with Crippen LogP contribution in [0, 0.1) is 11.3 Å². The molecule has 0 spiro atoms. The number of carbonyl (C=O) groups is 1. The van der Waals surface area contributed by atoms with Crippen LogP contribution >= 0.6 is 0 Å². The Labute approximate surface area is 131 Å². The Kier molecular flexibility index (Phi) is 5.29. The summed E-state index contributed by atoms with van der Waals surface area (Å²) in [7, 11) is 3.78. The molecule has 22 heavy (non-hydrogen) atoms. The molecule has 0 aliphatic carbocycles. The fourth-order valence-corrected chi connectivity index (χ4v) is 2.30. The number of carbonyl (C=O) groups excluding carboxylic acids is 1. The van der Waals surface area contributed by atoms with Gasteiger partial charge in [0.2, 0.25) is 5.91 Å². The lowest BCUT2D eigenvalue weighted by Gasteiger charge is -2.23. The van der Waals surface area contributed by atoms with Crippen molar-refractivity contribution in [3.63, 3.8) is 0 Å². The Hall–Kier alpha value is -2.64. The maximum Gasteiger partial charge on any atom is 0.242 e. The van der Waals surface area contributed by atoms with Crippen LogP contribution in [0.1, 0.15) is 22.7 Å². The van der Waals surface area contributed by atoms with Gasteiger partial charge in [-0.05, 0) is 37.4 Å². The largest absolute Gasteiger partial charge is 0.350 e. The van der Waals surface area contributed by atoms with Crippen molar-refractivity contribution in [2.75, 3.05) is 14.1 Å². The average molecular weight is 293 g/mol. The van der Waals surface area contributed by atoms with E-state index in [2.05, 4.69) is 11.4 Å². The lowest BCUT2D eigenvalue weighted by Crippen LogP contribution is -2.36. The molecule has 4 heteroatoms. The molecule has 1 unspecified atom stereocenters. The van der Waals surface area contributed by atoms with Gasteiger partial charge < -0.3 is 5.32 Å². The normalized spacial score (nSPS) is 11.7. The van der Waals surface area contributed by atoms with Crippen LogP contribution in [0.4, 0.5) is 0 Å². The molecular weight excluding hydrogens is 274 g/mol. The third-order valence-electron chi connectivity index (χ3n) is 3.43. The highest BCUT2D eigenvalue weighted by Gasteiger charge is 2.22. The van der Waals surface area contributed by atoms with E-state index in [1.165, 1.54) is 0 Å². The number of nitriles is 1. The third-order valence-corrected chi connectivity index (χ3v) is 3.43. The summed E-state index contributed by atoms with van der Waals surface area (Å²) in [6.07, 6.45) is 0. The number of likely N-dealkylation sites (N-methyl/N-ethyl adjacent to an activating group) is 1. The molecule has 112 valence electrons. The Morgan fingerprint density at radius 1 is 1.14 bits per heavy atom. The van der Waals surface area contributed by atoms with Gasteiger partial charge in [0.05, 0.1) is 11.6 Å². The highest BCUT2D eigenvalue weighted by Crippen LogP contribution is 2.18. The predicted octanol–water partition coefficient (Wildman–Crippen LogP) is 2.48. The summed E-state index contributed by atoms with van der Waals surface area (Å²) < 4.78 is 0. The highest BCUT2D eigenvalue weighted by molar-refractivity contribution is 5.83. The van der Waals surface area contributed by atoms with E-state index in [0.29, 0.717) is 12.1 Å². The summed E-state index contributed by atoms with van der Waals surface area (Å²) in [6.45, 7) is 0.446. The minimum absolute atomic E-state index is 0.0411. The summed E-state index contributed by atoms with van der Waals surface area (Å²) in [4.78, 5) is 14.4. The molecule has 0 bridgehead atoms. The van der Waals surface area contributed by atoms with Crippen LogP contribution in [0.5, 0.6) is 0 Å². The quantitative estimate of drug-likeness (QED) is 0.921. The van der Waals surface area contributed by atoms with Gasteiger partial charge in [-0.2, -0.15) is 5.26 Å². The van der Waals surface area contributed by atoms with E-state index in [1.807, 2.05) is 61.5 Å². The molecule has 0 heterocycles. The second-order valence-electron chi connectivity index (χ2n) is 5.30. The molecule has 2 aromatic carbocycles. The van der Waals surface area contributed by atoms with Crippen molar-refractivity contribution >= 4 is 5.91 Å². The van der Waals surface area contributed by atoms with Gasteiger partial charge in [0.15, 0.2) is 0 Å². The Bertz CT molecular complexity index is 657. The number of benzene rings is 2. The van der Waals surface area contributed by atoms with Gasteiger partial charge in [0.1, 0.15) is 6.04 Å². The van der Waals surface area contributed by atoms with E-state index in [0.717, 1.165) is 11.1 Å². The minimum Gasteiger partial charge on any atom is -0.350 e. The third kappa shape index (κ3) is 3.94. The van der Waals surface area contributed by atoms with Crippen molar-refractivity contribution in [3.05, 3.63) is 71.3 Å². The van der Waals surface area contributed by atoms with Crippen LogP contribution < -0.4 is 5.32 Å². The van der Waals surface area contributed by atoms with E-state index in [4.69, 9.17) is 5.26 Å². The van der Waals surface area contributed by atoms with Gasteiger partial charge in [0.25, 0.3) is 0 Å². The molecule has 2 aromatic rings. The van der Waals surface area contributed by atoms with Gasteiger partial charge in [-0.1, -0.05) is 42.5 Å². The Morgan fingerprint density at radius 2 is 1.77 bits per heavy atom. The fourth-order valence-electron chi connectivity index (χ4n) is 2.30. The lowest BCUT2D eigenvalue weighted by atomic mass is 10.1. The molecule has 0 aromatic heterocycles. The van der Waals surface area contributed by atoms with Crippen LogP contribution in [0.2, 0.25) is 0 Å². The monoisotopic (exact) mass is 293 g/mol. The molecule has 0 radical (unpaired) electrons. The zero-order chi connectivity index (χ0) is 15.9. The number of nitrogens with one attached hydrogen (secondary N) is 1. The summed E-state index contributed by atoms with van der Waals surface area (Å²) in [6, 6.07) is 18.7. The molecule has 0 fully saturated rings. The number of amides is 1. The molecule has 0 aliphatic rings. The minimum atomic E-state index is -0.320. The smallest absolute Gasteiger partial charge is 0.242 e. The molecule has 0 saturated heterocycles. The first-order valence-corrected chi connectivity index (χ1v) is 7.10. The van der Waals surface area contributed by atoms with E-state index in [-0.39, 0.29) is 11.9 Å². The number of rotatable bonds is 5. The van der Waals surface area contributed by atoms with Gasteiger partial charge >= 0.3 is 0 Å². The Morgan fingerprint density at radius 3 is 2.32 bits per heavy atom. The van der Waals surface area contributed by atoms with Crippen molar-refractivity contribution in [3.8, 4) is 6.07 Å². The zero-order valence-corrected chi connectivity index (χ0v) is 12.8. The molecule has 0 saturated carbocycles. The predicted molar refractivity (Wildman–Crippen MR) is 85.9 cm³/mol. The van der Waals surface area contributed by atoms with E-state index < -0.39 is 0 Å². The van der Waals surface area contributed by atoms with Crippen molar-refractivity contribution in [2.45, 2.75) is 12.6 Å². The number of nitrogens with zero attached hydrogens (tertiary/aromatic N) is 2. The van der Waals surface area contributed by atoms with Crippen molar-refractivity contribution < 1.29 is 4.79 Å². The average Bonchev–Trinajstić information content (AvgIpc) is 2.54. The van der Waals surface area contributed by atoms with Crippen LogP contribution in [0.15, 0.2) is 54.6 Å². The van der Waals surface area contributed by atoms with Crippen LogP contribution in [0.25, 0.3) is 0 Å². The molecule has 0 aliphatic heterocycles. The molecule has 1 N–H and O–H groups in total. The number of hydrogen-bond acceptors (Lipinski definition) is 3. The van der Waals surface area contributed by atoms with Crippen LogP contribution in [0.3, 0.4) is 0 Å². The maximum atomic E-state index is 12.5. The molecular formula is C18H19N3O. The first-order chi connectivity index (χ1) is 10.6. The van der Waals surface area contributed by atoms with E-state index >= 15 is 0 Å². The first kappa shape index (κ1) is 15.7. The van der Waals surface area contributed by atoms with Crippen LogP contribution in [-0.2, 0) is 11.3 Å². The maximum absolute atomic E-state index is 12.5. The first-order valence-electron chi connectivity index (χ1n) is 7.10. The standard InChI is InChI=1S/C18H19N3O/c1-21(2)17(16-6-4-3-5-7-16)18(22)20-13-15-10-8-14(12-19)9-11-15/h3-11,17H,13H2,1-2H3,(H,20,22). The SMILES string of the molecule is CN(C)C(C(=O)NCc1ccc(C#N)cc1)c1ccccc1. The number of hydrogen-bond donors (Lipinski definition) is 1. The lowest BCUT2D eigenvalue weighted by molar-refractivity contribution is -0.125. The summed E-state index contributed by atoms with van der Waals surface area (Å²) >= 11 is 0. The van der Waals surface area contributed by atoms with Gasteiger partial charge in [-0.15, -0.1) is 0 Å². The van der Waals surface area contributed by atoms with Gasteiger partial charge in [-0.25, -0.2) is 0 Å². The van der Waals surface area contributed by atoms with Gasteiger partial charge in [0, 0.05) is 6.54 Å². The summed E-state index contributed by atoms with van der Waals surface area (Å²) in [5, 5.41) is 11.7. The van der Waals surface area contributed by atoms with Gasteiger partial charge in [-0.3, -0.25) is 9.69 Å². The summed E-state index contributed by atoms with van der Waals surface area (Å²) in [5.74, 6) is -0.0411. The molecule has 2 rings (SSSR count). The summed E-state index contributed by atoms with van der Waals surface area (Å²) in [5.41, 5.74) is 2.55. The Balaban J connectivity index is 2.04. The second kappa shape index (κ2) is 7.39. The van der Waals surface area contributed by atoms with Crippen molar-refractivity contribution in [2.24, 2.45) is 0 Å². The molecule has 4 nitrogen and oxygen atoms in total. The highest BCUT2D eigenvalue weighted by atomic mass is 16.2. The van der Waals surface area contributed by atoms with Crippen molar-refractivity contribution in [1.82, 2.24) is 10.2 Å². The molecule has 1 amide bonds. The second-order valence-corrected chi connectivity index (χ2v) is 5.30.